The monoisotopic (exact) mass is 146 g/mol. The number of carbonyl (C=O) groups is 1. The molecule has 2 nitrogen and oxygen atoms in total. The van der Waals surface area contributed by atoms with Crippen molar-refractivity contribution in [3.63, 3.8) is 0 Å². The van der Waals surface area contributed by atoms with Gasteiger partial charge in [-0.1, -0.05) is 0 Å². The van der Waals surface area contributed by atoms with Gasteiger partial charge in [0.05, 0.1) is 6.26 Å². The number of rotatable bonds is 1. The summed E-state index contributed by atoms with van der Waals surface area (Å²) in [5.74, 6) is 0.767. The molecule has 1 aliphatic rings. The van der Waals surface area contributed by atoms with E-state index in [1.165, 1.54) is 6.08 Å². The maximum Gasteiger partial charge on any atom is 0.179 e. The Morgan fingerprint density at radius 1 is 1.27 bits per heavy atom. The summed E-state index contributed by atoms with van der Waals surface area (Å²) in [5.41, 5.74) is 0.847. The lowest BCUT2D eigenvalue weighted by Gasteiger charge is -1.88. The van der Waals surface area contributed by atoms with E-state index in [0.717, 1.165) is 11.3 Å². The zero-order chi connectivity index (χ0) is 7.68. The lowest BCUT2D eigenvalue weighted by Crippen LogP contribution is -1.78. The van der Waals surface area contributed by atoms with Crippen molar-refractivity contribution in [1.82, 2.24) is 0 Å². The number of carbonyl (C=O) groups excluding carboxylic acids is 1. The quantitative estimate of drug-likeness (QED) is 0.604. The van der Waals surface area contributed by atoms with E-state index in [1.807, 2.05) is 6.07 Å². The Kier molecular flexibility index (Phi) is 1.25. The van der Waals surface area contributed by atoms with Crippen LogP contribution in [0.15, 0.2) is 41.0 Å². The summed E-state index contributed by atoms with van der Waals surface area (Å²) in [6.07, 6.45) is 6.42. The molecule has 0 atom stereocenters. The zero-order valence-corrected chi connectivity index (χ0v) is 5.78. The van der Waals surface area contributed by atoms with E-state index < -0.39 is 0 Å². The molecular formula is C9H6O2. The fourth-order valence-electron chi connectivity index (χ4n) is 1.02. The van der Waals surface area contributed by atoms with E-state index in [-0.39, 0.29) is 5.78 Å². The highest BCUT2D eigenvalue weighted by atomic mass is 16.3. The largest absolute Gasteiger partial charge is 0.464 e. The van der Waals surface area contributed by atoms with Crippen LogP contribution in [0.4, 0.5) is 0 Å². The topological polar surface area (TPSA) is 30.2 Å². The van der Waals surface area contributed by atoms with Gasteiger partial charge in [-0.3, -0.25) is 4.79 Å². The first-order valence-corrected chi connectivity index (χ1v) is 3.34. The Morgan fingerprint density at radius 2 is 2.18 bits per heavy atom. The van der Waals surface area contributed by atoms with Crippen molar-refractivity contribution in [2.24, 2.45) is 0 Å². The normalized spacial score (nSPS) is 15.6. The predicted molar refractivity (Wildman–Crippen MR) is 40.8 cm³/mol. The van der Waals surface area contributed by atoms with Gasteiger partial charge in [0.2, 0.25) is 0 Å². The van der Waals surface area contributed by atoms with Crippen molar-refractivity contribution < 1.29 is 9.21 Å². The molecule has 2 rings (SSSR count). The highest BCUT2D eigenvalue weighted by Gasteiger charge is 2.07. The van der Waals surface area contributed by atoms with Gasteiger partial charge < -0.3 is 4.42 Å². The van der Waals surface area contributed by atoms with Gasteiger partial charge >= 0.3 is 0 Å². The van der Waals surface area contributed by atoms with E-state index in [4.69, 9.17) is 4.42 Å². The molecule has 1 heterocycles. The third-order valence-corrected chi connectivity index (χ3v) is 1.53. The van der Waals surface area contributed by atoms with E-state index in [0.29, 0.717) is 0 Å². The molecule has 54 valence electrons. The van der Waals surface area contributed by atoms with Crippen LogP contribution in [0.5, 0.6) is 0 Å². The fraction of sp³-hybridized carbons (Fsp3) is 0. The maximum absolute atomic E-state index is 10.7. The molecule has 0 fully saturated rings. The van der Waals surface area contributed by atoms with Crippen molar-refractivity contribution in [1.29, 1.82) is 0 Å². The van der Waals surface area contributed by atoms with Crippen LogP contribution in [0.3, 0.4) is 0 Å². The molecule has 0 aliphatic heterocycles. The molecule has 2 heteroatoms. The molecule has 0 bridgehead atoms. The van der Waals surface area contributed by atoms with Gasteiger partial charge in [-0.25, -0.2) is 0 Å². The van der Waals surface area contributed by atoms with E-state index in [1.54, 1.807) is 24.5 Å². The predicted octanol–water partition coefficient (Wildman–Crippen LogP) is 1.80. The second kappa shape index (κ2) is 2.23. The maximum atomic E-state index is 10.7. The highest BCUT2D eigenvalue weighted by molar-refractivity contribution is 6.10. The van der Waals surface area contributed by atoms with Gasteiger partial charge in [0.25, 0.3) is 0 Å². The minimum Gasteiger partial charge on any atom is -0.464 e. The SMILES string of the molecule is O=C1C=CC(c2ccco2)=C1. The van der Waals surface area contributed by atoms with Gasteiger partial charge in [0, 0.05) is 5.57 Å². The first-order valence-electron chi connectivity index (χ1n) is 3.34. The van der Waals surface area contributed by atoms with Crippen LogP contribution in [0.2, 0.25) is 0 Å². The van der Waals surface area contributed by atoms with Crippen molar-refractivity contribution in [2.75, 3.05) is 0 Å². The Hall–Kier alpha value is -1.57. The molecule has 0 aromatic carbocycles. The summed E-state index contributed by atoms with van der Waals surface area (Å²) >= 11 is 0. The lowest BCUT2D eigenvalue weighted by molar-refractivity contribution is -0.110. The number of hydrogen-bond donors (Lipinski definition) is 0. The molecule has 0 saturated heterocycles. The summed E-state index contributed by atoms with van der Waals surface area (Å²) in [6, 6.07) is 3.63. The van der Waals surface area contributed by atoms with Crippen molar-refractivity contribution in [2.45, 2.75) is 0 Å². The minimum atomic E-state index is 0.0244. The van der Waals surface area contributed by atoms with Gasteiger partial charge in [-0.05, 0) is 30.4 Å². The van der Waals surface area contributed by atoms with Crippen LogP contribution in [0.1, 0.15) is 5.76 Å². The molecule has 0 spiro atoms. The van der Waals surface area contributed by atoms with Crippen LogP contribution in [0, 0.1) is 0 Å². The summed E-state index contributed by atoms with van der Waals surface area (Å²) in [7, 11) is 0. The molecule has 1 aromatic heterocycles. The van der Waals surface area contributed by atoms with E-state index >= 15 is 0 Å². The molecular weight excluding hydrogens is 140 g/mol. The molecule has 11 heavy (non-hydrogen) atoms. The zero-order valence-electron chi connectivity index (χ0n) is 5.78. The van der Waals surface area contributed by atoms with Gasteiger partial charge in [-0.15, -0.1) is 0 Å². The molecule has 0 amide bonds. The fourth-order valence-corrected chi connectivity index (χ4v) is 1.02. The first kappa shape index (κ1) is 6.16. The average Bonchev–Trinajstić information content (AvgIpc) is 2.55. The smallest absolute Gasteiger partial charge is 0.179 e. The van der Waals surface area contributed by atoms with Crippen molar-refractivity contribution >= 4 is 11.4 Å². The first-order chi connectivity index (χ1) is 5.36. The van der Waals surface area contributed by atoms with Gasteiger partial charge in [0.1, 0.15) is 5.76 Å². The highest BCUT2D eigenvalue weighted by Crippen LogP contribution is 2.19. The van der Waals surface area contributed by atoms with E-state index in [9.17, 15) is 4.79 Å². The Balaban J connectivity index is 2.40. The number of hydrogen-bond acceptors (Lipinski definition) is 2. The van der Waals surface area contributed by atoms with Crippen LogP contribution >= 0.6 is 0 Å². The average molecular weight is 146 g/mol. The third kappa shape index (κ3) is 1.03. The van der Waals surface area contributed by atoms with Crippen LogP contribution in [0.25, 0.3) is 5.57 Å². The number of ketones is 1. The number of furan rings is 1. The summed E-state index contributed by atoms with van der Waals surface area (Å²) in [4.78, 5) is 10.7. The number of allylic oxidation sites excluding steroid dienone is 4. The molecule has 0 N–H and O–H groups in total. The van der Waals surface area contributed by atoms with E-state index in [2.05, 4.69) is 0 Å². The second-order valence-corrected chi connectivity index (χ2v) is 2.31. The minimum absolute atomic E-state index is 0.0244. The summed E-state index contributed by atoms with van der Waals surface area (Å²) in [6.45, 7) is 0. The molecule has 1 aliphatic carbocycles. The summed E-state index contributed by atoms with van der Waals surface area (Å²) in [5, 5.41) is 0. The van der Waals surface area contributed by atoms with Crippen molar-refractivity contribution in [3.8, 4) is 0 Å². The van der Waals surface area contributed by atoms with Gasteiger partial charge in [-0.2, -0.15) is 0 Å². The molecule has 0 radical (unpaired) electrons. The van der Waals surface area contributed by atoms with Crippen LogP contribution < -0.4 is 0 Å². The van der Waals surface area contributed by atoms with Gasteiger partial charge in [0.15, 0.2) is 5.78 Å². The van der Waals surface area contributed by atoms with Crippen LogP contribution in [-0.2, 0) is 4.79 Å². The van der Waals surface area contributed by atoms with Crippen LogP contribution in [-0.4, -0.2) is 5.78 Å². The third-order valence-electron chi connectivity index (χ3n) is 1.53. The Labute approximate surface area is 63.8 Å². The summed E-state index contributed by atoms with van der Waals surface area (Å²) < 4.78 is 5.09. The molecule has 0 unspecified atom stereocenters. The standard InChI is InChI=1S/C9H6O2/c10-8-4-3-7(6-8)9-2-1-5-11-9/h1-6H. The Morgan fingerprint density at radius 3 is 2.73 bits per heavy atom. The second-order valence-electron chi connectivity index (χ2n) is 2.31. The molecule has 0 saturated carbocycles. The lowest BCUT2D eigenvalue weighted by atomic mass is 10.2. The Bertz CT molecular complexity index is 328. The molecule has 1 aromatic rings. The van der Waals surface area contributed by atoms with Crippen molar-refractivity contribution in [3.05, 3.63) is 42.4 Å².